The third-order valence-electron chi connectivity index (χ3n) is 2.85. The van der Waals surface area contributed by atoms with Gasteiger partial charge in [0.15, 0.2) is 0 Å². The maximum absolute atomic E-state index is 4.77. The van der Waals surface area contributed by atoms with E-state index in [0.717, 1.165) is 35.2 Å². The number of fused-ring (bicyclic) bond motifs is 1. The molecule has 0 bridgehead atoms. The predicted octanol–water partition coefficient (Wildman–Crippen LogP) is 4.47. The first-order valence-corrected chi connectivity index (χ1v) is 6.22. The van der Waals surface area contributed by atoms with Gasteiger partial charge in [0.25, 0.3) is 0 Å². The van der Waals surface area contributed by atoms with Crippen LogP contribution in [0.25, 0.3) is 10.9 Å². The van der Waals surface area contributed by atoms with Gasteiger partial charge < -0.3 is 0 Å². The van der Waals surface area contributed by atoms with Crippen molar-refractivity contribution in [3.8, 4) is 0 Å². The summed E-state index contributed by atoms with van der Waals surface area (Å²) in [4.78, 5) is 4.77. The van der Waals surface area contributed by atoms with E-state index in [-0.39, 0.29) is 0 Å². The highest BCUT2D eigenvalue weighted by Gasteiger charge is 2.07. The molecule has 2 aromatic rings. The number of hydrogen-bond acceptors (Lipinski definition) is 1. The molecule has 0 aliphatic heterocycles. The minimum absolute atomic E-state index is 0.841. The molecule has 0 atom stereocenters. The molecule has 1 heteroatoms. The highest BCUT2D eigenvalue weighted by atomic mass is 14.7. The number of rotatable bonds is 4. The molecule has 0 N–H and O–H groups in total. The Hall–Kier alpha value is -1.89. The van der Waals surface area contributed by atoms with Gasteiger partial charge in [-0.15, -0.1) is 0 Å². The molecule has 18 heavy (non-hydrogen) atoms. The third-order valence-corrected chi connectivity index (χ3v) is 2.85. The van der Waals surface area contributed by atoms with Gasteiger partial charge >= 0.3 is 0 Å². The second kappa shape index (κ2) is 5.18. The van der Waals surface area contributed by atoms with Gasteiger partial charge in [0.05, 0.1) is 5.52 Å². The minimum Gasteiger partial charge on any atom is -0.252 e. The summed E-state index contributed by atoms with van der Waals surface area (Å²) in [6.07, 6.45) is 1.73. The van der Waals surface area contributed by atoms with E-state index in [9.17, 15) is 0 Å². The molecule has 1 nitrogen and oxygen atoms in total. The van der Waals surface area contributed by atoms with Crippen molar-refractivity contribution < 1.29 is 0 Å². The lowest BCUT2D eigenvalue weighted by Gasteiger charge is -2.10. The Kier molecular flexibility index (Phi) is 3.61. The first kappa shape index (κ1) is 12.6. The topological polar surface area (TPSA) is 12.9 Å². The zero-order valence-electron chi connectivity index (χ0n) is 11.2. The molecule has 0 fully saturated rings. The molecule has 1 heterocycles. The Morgan fingerprint density at radius 2 is 1.72 bits per heavy atom. The average Bonchev–Trinajstić information content (AvgIpc) is 2.28. The monoisotopic (exact) mass is 237 g/mol. The van der Waals surface area contributed by atoms with Crippen LogP contribution in [0.15, 0.2) is 54.6 Å². The molecule has 0 radical (unpaired) electrons. The van der Waals surface area contributed by atoms with Crippen molar-refractivity contribution in [1.29, 1.82) is 0 Å². The molecule has 0 amide bonds. The normalized spacial score (nSPS) is 10.6. The fraction of sp³-hybridized carbons (Fsp3) is 0.235. The zero-order valence-corrected chi connectivity index (χ0v) is 11.2. The number of pyridine rings is 1. The van der Waals surface area contributed by atoms with E-state index in [1.807, 2.05) is 19.1 Å². The van der Waals surface area contributed by atoms with Crippen LogP contribution in [0.5, 0.6) is 0 Å². The largest absolute Gasteiger partial charge is 0.252 e. The van der Waals surface area contributed by atoms with Crippen molar-refractivity contribution in [3.63, 3.8) is 0 Å². The quantitative estimate of drug-likeness (QED) is 0.715. The van der Waals surface area contributed by atoms with Gasteiger partial charge in [-0.1, -0.05) is 42.5 Å². The lowest BCUT2D eigenvalue weighted by molar-refractivity contribution is 1.00. The lowest BCUT2D eigenvalue weighted by Crippen LogP contribution is -2.00. The van der Waals surface area contributed by atoms with Crippen molar-refractivity contribution in [2.75, 3.05) is 0 Å². The van der Waals surface area contributed by atoms with E-state index in [2.05, 4.69) is 38.3 Å². The molecule has 0 spiro atoms. The predicted molar refractivity (Wildman–Crippen MR) is 78.8 cm³/mol. The number of allylic oxidation sites excluding steroid dienone is 2. The van der Waals surface area contributed by atoms with Crippen LogP contribution < -0.4 is 0 Å². The summed E-state index contributed by atoms with van der Waals surface area (Å²) in [6, 6.07) is 10.5. The van der Waals surface area contributed by atoms with Gasteiger partial charge in [0, 0.05) is 17.5 Å². The summed E-state index contributed by atoms with van der Waals surface area (Å²) in [5.74, 6) is 0. The second-order valence-corrected chi connectivity index (χ2v) is 5.05. The molecule has 1 aromatic heterocycles. The maximum Gasteiger partial charge on any atom is 0.0705 e. The average molecular weight is 237 g/mol. The summed E-state index contributed by atoms with van der Waals surface area (Å²) in [5.41, 5.74) is 5.75. The molecule has 0 aliphatic carbocycles. The first-order valence-electron chi connectivity index (χ1n) is 6.22. The molecule has 0 aliphatic rings. The van der Waals surface area contributed by atoms with Crippen molar-refractivity contribution in [1.82, 2.24) is 4.98 Å². The van der Waals surface area contributed by atoms with Gasteiger partial charge in [-0.3, -0.25) is 4.98 Å². The molecule has 0 saturated carbocycles. The SMILES string of the molecule is C=C(C)Cc1cc2ccccc2nc1CC(=C)C. The number of benzene rings is 1. The highest BCUT2D eigenvalue weighted by Crippen LogP contribution is 2.20. The summed E-state index contributed by atoms with van der Waals surface area (Å²) >= 11 is 0. The number of aromatic nitrogens is 1. The van der Waals surface area contributed by atoms with E-state index in [1.54, 1.807) is 0 Å². The number of hydrogen-bond donors (Lipinski definition) is 0. The first-order chi connectivity index (χ1) is 8.56. The van der Waals surface area contributed by atoms with Crippen LogP contribution >= 0.6 is 0 Å². The highest BCUT2D eigenvalue weighted by molar-refractivity contribution is 5.79. The molecule has 1 aromatic carbocycles. The van der Waals surface area contributed by atoms with Crippen LogP contribution in [0, 0.1) is 0 Å². The Bertz CT molecular complexity index is 554. The van der Waals surface area contributed by atoms with Crippen LogP contribution in [0.1, 0.15) is 25.1 Å². The zero-order chi connectivity index (χ0) is 13.1. The molecule has 2 rings (SSSR count). The van der Waals surface area contributed by atoms with Crippen molar-refractivity contribution >= 4 is 10.9 Å². The number of para-hydroxylation sites is 1. The Morgan fingerprint density at radius 1 is 1.06 bits per heavy atom. The van der Waals surface area contributed by atoms with Gasteiger partial charge in [0.2, 0.25) is 0 Å². The van der Waals surface area contributed by atoms with Crippen LogP contribution in [0.4, 0.5) is 0 Å². The molecular weight excluding hydrogens is 218 g/mol. The van der Waals surface area contributed by atoms with E-state index in [4.69, 9.17) is 4.98 Å². The standard InChI is InChI=1S/C17H19N/c1-12(2)9-15-11-14-7-5-6-8-16(14)18-17(15)10-13(3)4/h5-8,11H,1,3,9-10H2,2,4H3. The molecule has 92 valence electrons. The van der Waals surface area contributed by atoms with Crippen LogP contribution in [0.3, 0.4) is 0 Å². The van der Waals surface area contributed by atoms with Crippen molar-refractivity contribution in [2.45, 2.75) is 26.7 Å². The summed E-state index contributed by atoms with van der Waals surface area (Å²) in [7, 11) is 0. The minimum atomic E-state index is 0.841. The van der Waals surface area contributed by atoms with Crippen molar-refractivity contribution in [3.05, 3.63) is 65.9 Å². The van der Waals surface area contributed by atoms with E-state index in [0.29, 0.717) is 0 Å². The van der Waals surface area contributed by atoms with Gasteiger partial charge in [0.1, 0.15) is 0 Å². The fourth-order valence-electron chi connectivity index (χ4n) is 2.12. The molecule has 0 unspecified atom stereocenters. The summed E-state index contributed by atoms with van der Waals surface area (Å²) in [6.45, 7) is 12.1. The Labute approximate surface area is 109 Å². The van der Waals surface area contributed by atoms with E-state index in [1.165, 1.54) is 10.9 Å². The Balaban J connectivity index is 2.55. The second-order valence-electron chi connectivity index (χ2n) is 5.05. The maximum atomic E-state index is 4.77. The smallest absolute Gasteiger partial charge is 0.0705 e. The van der Waals surface area contributed by atoms with Crippen LogP contribution in [0.2, 0.25) is 0 Å². The third kappa shape index (κ3) is 2.86. The fourth-order valence-corrected chi connectivity index (χ4v) is 2.12. The van der Waals surface area contributed by atoms with Crippen LogP contribution in [-0.4, -0.2) is 4.98 Å². The van der Waals surface area contributed by atoms with E-state index >= 15 is 0 Å². The van der Waals surface area contributed by atoms with E-state index < -0.39 is 0 Å². The molecule has 0 saturated heterocycles. The van der Waals surface area contributed by atoms with Gasteiger partial charge in [-0.25, -0.2) is 0 Å². The Morgan fingerprint density at radius 3 is 2.39 bits per heavy atom. The van der Waals surface area contributed by atoms with Gasteiger partial charge in [-0.2, -0.15) is 0 Å². The number of nitrogens with zero attached hydrogens (tertiary/aromatic N) is 1. The van der Waals surface area contributed by atoms with Crippen molar-refractivity contribution in [2.24, 2.45) is 0 Å². The van der Waals surface area contributed by atoms with Gasteiger partial charge in [-0.05, 0) is 38.0 Å². The summed E-state index contributed by atoms with van der Waals surface area (Å²) in [5, 5.41) is 1.19. The summed E-state index contributed by atoms with van der Waals surface area (Å²) < 4.78 is 0. The lowest BCUT2D eigenvalue weighted by atomic mass is 9.99. The van der Waals surface area contributed by atoms with Crippen LogP contribution in [-0.2, 0) is 12.8 Å². The molecular formula is C17H19N.